The van der Waals surface area contributed by atoms with Crippen molar-refractivity contribution < 1.29 is 72.0 Å². The van der Waals surface area contributed by atoms with Crippen molar-refractivity contribution >= 4 is 37.4 Å². The van der Waals surface area contributed by atoms with Crippen LogP contribution in [0.3, 0.4) is 0 Å². The van der Waals surface area contributed by atoms with Crippen molar-refractivity contribution in [1.29, 1.82) is 0 Å². The summed E-state index contributed by atoms with van der Waals surface area (Å²) in [6.45, 7) is 2.83. The number of ether oxygens (including phenoxy) is 4. The molecule has 0 radical (unpaired) electrons. The number of allylic oxidation sites excluding steroid dienone is 1. The van der Waals surface area contributed by atoms with Crippen LogP contribution in [0.2, 0.25) is 0 Å². The summed E-state index contributed by atoms with van der Waals surface area (Å²) in [5.74, 6) is -3.05. The maximum Gasteiger partial charge on any atom is 0.527 e. The summed E-state index contributed by atoms with van der Waals surface area (Å²) < 4.78 is 45.4. The summed E-state index contributed by atoms with van der Waals surface area (Å²) in [6, 6.07) is 0.289. The Kier molecular flexibility index (Phi) is 12.8. The van der Waals surface area contributed by atoms with Crippen LogP contribution in [-0.4, -0.2) is 109 Å². The SMILES string of the molecule is CC(=O)Nc1ccn([C@@H]2O[C@H](COP(=O)(O)O/C=C3\C=C[C@@H](NC(C)=O)[C@H]([C@H](O)[C@H](O)CO)O3)[C@@H](OC(C)=O)[C@H]2OC(C)=O)c(=O)n1. The van der Waals surface area contributed by atoms with E-state index in [2.05, 4.69) is 15.6 Å². The van der Waals surface area contributed by atoms with Gasteiger partial charge < -0.3 is 49.4 Å². The van der Waals surface area contributed by atoms with E-state index in [1.807, 2.05) is 0 Å². The average molecular weight is 691 g/mol. The first kappa shape index (κ1) is 37.3. The minimum atomic E-state index is -5.01. The van der Waals surface area contributed by atoms with Crippen LogP contribution in [0.5, 0.6) is 0 Å². The number of phosphoric acid groups is 1. The summed E-state index contributed by atoms with van der Waals surface area (Å²) >= 11 is 0. The van der Waals surface area contributed by atoms with Crippen LogP contribution in [-0.2, 0) is 51.7 Å². The number of carbonyl (C=O) groups is 4. The van der Waals surface area contributed by atoms with E-state index in [0.717, 1.165) is 18.4 Å². The van der Waals surface area contributed by atoms with Gasteiger partial charge in [-0.1, -0.05) is 6.08 Å². The lowest BCUT2D eigenvalue weighted by Gasteiger charge is -2.34. The molecule has 0 saturated carbocycles. The van der Waals surface area contributed by atoms with Gasteiger partial charge in [0.15, 0.2) is 30.3 Å². The quantitative estimate of drug-likeness (QED) is 0.0749. The number of esters is 2. The topological polar surface area (TPSA) is 281 Å². The van der Waals surface area contributed by atoms with E-state index < -0.39 is 99.4 Å². The fourth-order valence-corrected chi connectivity index (χ4v) is 5.14. The number of aliphatic hydroxyl groups excluding tert-OH is 3. The van der Waals surface area contributed by atoms with Crippen LogP contribution in [0, 0.1) is 0 Å². The minimum Gasteiger partial charge on any atom is -0.482 e. The van der Waals surface area contributed by atoms with Gasteiger partial charge in [0, 0.05) is 33.9 Å². The van der Waals surface area contributed by atoms with E-state index in [1.165, 1.54) is 38.3 Å². The summed E-state index contributed by atoms with van der Waals surface area (Å²) in [5, 5.41) is 34.2. The maximum atomic E-state index is 12.8. The Labute approximate surface area is 266 Å². The van der Waals surface area contributed by atoms with E-state index in [0.29, 0.717) is 6.26 Å². The Hall–Kier alpha value is -4.17. The monoisotopic (exact) mass is 690 g/mol. The molecule has 1 fully saturated rings. The summed E-state index contributed by atoms with van der Waals surface area (Å²) in [5.41, 5.74) is -0.958. The van der Waals surface area contributed by atoms with Gasteiger partial charge in [-0.15, -0.1) is 0 Å². The Morgan fingerprint density at radius 3 is 2.34 bits per heavy atom. The molecule has 6 N–H and O–H groups in total. The van der Waals surface area contributed by atoms with Crippen molar-refractivity contribution in [3.05, 3.63) is 46.9 Å². The highest BCUT2D eigenvalue weighted by Gasteiger charge is 2.51. The molecule has 0 spiro atoms. The molecule has 1 unspecified atom stereocenters. The van der Waals surface area contributed by atoms with Gasteiger partial charge in [0.25, 0.3) is 0 Å². The lowest BCUT2D eigenvalue weighted by Crippen LogP contribution is -2.53. The molecule has 21 heteroatoms. The first-order valence-electron chi connectivity index (χ1n) is 13.8. The average Bonchev–Trinajstić information content (AvgIpc) is 3.29. The summed E-state index contributed by atoms with van der Waals surface area (Å²) in [6.07, 6.45) is -6.15. The van der Waals surface area contributed by atoms with Crippen LogP contribution in [0.4, 0.5) is 5.82 Å². The molecular formula is C26H35N4O16P. The van der Waals surface area contributed by atoms with Crippen molar-refractivity contribution in [3.8, 4) is 0 Å². The molecule has 1 saturated heterocycles. The van der Waals surface area contributed by atoms with E-state index >= 15 is 0 Å². The Morgan fingerprint density at radius 1 is 1.11 bits per heavy atom. The van der Waals surface area contributed by atoms with Crippen LogP contribution < -0.4 is 16.3 Å². The van der Waals surface area contributed by atoms with Gasteiger partial charge in [-0.2, -0.15) is 4.98 Å². The predicted molar refractivity (Wildman–Crippen MR) is 153 cm³/mol. The smallest absolute Gasteiger partial charge is 0.482 e. The Morgan fingerprint density at radius 2 is 1.77 bits per heavy atom. The number of anilines is 1. The molecule has 0 bridgehead atoms. The normalized spacial score (nSPS) is 27.1. The van der Waals surface area contributed by atoms with Crippen LogP contribution in [0.15, 0.2) is 41.2 Å². The first-order chi connectivity index (χ1) is 22.0. The van der Waals surface area contributed by atoms with Crippen molar-refractivity contribution in [2.75, 3.05) is 18.5 Å². The first-order valence-corrected chi connectivity index (χ1v) is 15.3. The number of hydrogen-bond donors (Lipinski definition) is 6. The zero-order valence-electron chi connectivity index (χ0n) is 25.4. The fourth-order valence-electron chi connectivity index (χ4n) is 4.51. The third-order valence-corrected chi connectivity index (χ3v) is 7.23. The predicted octanol–water partition coefficient (Wildman–Crippen LogP) is -1.89. The molecule has 2 amide bonds. The molecule has 9 atom stereocenters. The molecule has 47 heavy (non-hydrogen) atoms. The fraction of sp³-hybridized carbons (Fsp3) is 0.538. The number of amides is 2. The van der Waals surface area contributed by atoms with Gasteiger partial charge in [0.05, 0.1) is 19.3 Å². The zero-order valence-corrected chi connectivity index (χ0v) is 26.3. The largest absolute Gasteiger partial charge is 0.527 e. The molecule has 260 valence electrons. The third kappa shape index (κ3) is 10.4. The molecule has 20 nitrogen and oxygen atoms in total. The van der Waals surface area contributed by atoms with Gasteiger partial charge in [-0.3, -0.25) is 33.2 Å². The highest BCUT2D eigenvalue weighted by atomic mass is 31.2. The molecule has 3 rings (SSSR count). The number of nitrogens with zero attached hydrogens (tertiary/aromatic N) is 2. The second-order valence-electron chi connectivity index (χ2n) is 10.2. The van der Waals surface area contributed by atoms with E-state index in [-0.39, 0.29) is 11.6 Å². The van der Waals surface area contributed by atoms with Crippen LogP contribution in [0.25, 0.3) is 0 Å². The van der Waals surface area contributed by atoms with Gasteiger partial charge in [-0.05, 0) is 12.1 Å². The van der Waals surface area contributed by atoms with Crippen molar-refractivity contribution in [2.24, 2.45) is 0 Å². The molecule has 2 aliphatic rings. The van der Waals surface area contributed by atoms with Crippen molar-refractivity contribution in [2.45, 2.75) is 76.6 Å². The molecule has 2 aliphatic heterocycles. The van der Waals surface area contributed by atoms with Crippen molar-refractivity contribution in [1.82, 2.24) is 14.9 Å². The van der Waals surface area contributed by atoms with Crippen LogP contribution in [0.1, 0.15) is 33.9 Å². The minimum absolute atomic E-state index is 0.0856. The number of hydrogen-bond acceptors (Lipinski definition) is 16. The number of carbonyl (C=O) groups excluding carboxylic acids is 4. The second-order valence-corrected chi connectivity index (χ2v) is 11.6. The lowest BCUT2D eigenvalue weighted by molar-refractivity contribution is -0.165. The van der Waals surface area contributed by atoms with Gasteiger partial charge >= 0.3 is 25.5 Å². The molecular weight excluding hydrogens is 655 g/mol. The zero-order chi connectivity index (χ0) is 35.1. The number of aromatic nitrogens is 2. The highest BCUT2D eigenvalue weighted by molar-refractivity contribution is 7.47. The highest BCUT2D eigenvalue weighted by Crippen LogP contribution is 2.45. The second kappa shape index (κ2) is 16.1. The summed E-state index contributed by atoms with van der Waals surface area (Å²) in [4.78, 5) is 73.6. The lowest BCUT2D eigenvalue weighted by atomic mass is 9.98. The number of aliphatic hydroxyl groups is 3. The van der Waals surface area contributed by atoms with Gasteiger partial charge in [-0.25, -0.2) is 9.36 Å². The number of nitrogens with one attached hydrogen (secondary N) is 2. The Balaban J connectivity index is 1.80. The molecule has 0 aromatic carbocycles. The standard InChI is InChI=1S/C26H35N4O16P/c1-12(32)27-17-6-5-16(45-22(17)21(37)18(36)9-31)10-41-47(39,40)42-11-19-23(43-14(3)34)24(44-15(4)35)25(46-19)30-8-7-20(28-13(2)33)29-26(30)38/h5-8,10,17-19,21-25,31,36-37H,9,11H2,1-4H3,(H,27,32)(H,39,40)(H,28,29,33,38)/b16-10+/t17-,18-,19-,21-,22-,23-,24-,25-/m1/s1. The van der Waals surface area contributed by atoms with E-state index in [9.17, 15) is 48.8 Å². The number of rotatable bonds is 13. The summed E-state index contributed by atoms with van der Waals surface area (Å²) in [7, 11) is -5.01. The van der Waals surface area contributed by atoms with Gasteiger partial charge in [0.1, 0.15) is 30.4 Å². The van der Waals surface area contributed by atoms with Crippen LogP contribution >= 0.6 is 7.82 Å². The van der Waals surface area contributed by atoms with Crippen molar-refractivity contribution in [3.63, 3.8) is 0 Å². The molecule has 3 heterocycles. The Bertz CT molecular complexity index is 1500. The molecule has 1 aromatic rings. The van der Waals surface area contributed by atoms with Gasteiger partial charge in [0.2, 0.25) is 11.8 Å². The van der Waals surface area contributed by atoms with E-state index in [4.69, 9.17) is 28.0 Å². The number of phosphoric ester groups is 1. The maximum absolute atomic E-state index is 12.8. The van der Waals surface area contributed by atoms with E-state index in [1.54, 1.807) is 0 Å². The molecule has 1 aromatic heterocycles. The third-order valence-electron chi connectivity index (χ3n) is 6.38. The molecule has 0 aliphatic carbocycles.